The zero-order chi connectivity index (χ0) is 17.4. The first-order chi connectivity index (χ1) is 12.1. The number of anilines is 1. The molecule has 25 heavy (non-hydrogen) atoms. The summed E-state index contributed by atoms with van der Waals surface area (Å²) < 4.78 is 0. The molecular weight excluding hydrogens is 334 g/mol. The fourth-order valence-corrected chi connectivity index (χ4v) is 4.22. The largest absolute Gasteiger partial charge is 0.369 e. The molecule has 3 heterocycles. The Morgan fingerprint density at radius 3 is 3.04 bits per heavy atom. The highest BCUT2D eigenvalue weighted by Gasteiger charge is 2.21. The van der Waals surface area contributed by atoms with Crippen molar-refractivity contribution in [2.24, 2.45) is 0 Å². The highest BCUT2D eigenvalue weighted by Crippen LogP contribution is 2.29. The van der Waals surface area contributed by atoms with E-state index in [-0.39, 0.29) is 11.5 Å². The Bertz CT molecular complexity index is 978. The molecule has 0 amide bonds. The molecule has 7 heteroatoms. The van der Waals surface area contributed by atoms with Crippen LogP contribution < -0.4 is 11.3 Å². The van der Waals surface area contributed by atoms with Gasteiger partial charge in [0.1, 0.15) is 5.01 Å². The van der Waals surface area contributed by atoms with E-state index in [0.29, 0.717) is 6.54 Å². The first-order valence-electron chi connectivity index (χ1n) is 8.21. The Morgan fingerprint density at radius 2 is 2.20 bits per heavy atom. The summed E-state index contributed by atoms with van der Waals surface area (Å²) in [4.78, 5) is 27.0. The van der Waals surface area contributed by atoms with Crippen molar-refractivity contribution in [3.63, 3.8) is 0 Å². The molecule has 1 aliphatic heterocycles. The predicted octanol–water partition coefficient (Wildman–Crippen LogP) is 2.34. The maximum atomic E-state index is 12.1. The SMILES string of the molecule is Cc1ccccc1-c1ncc(CN2CCc3nc(N)[nH]c(=O)c3C2)s1. The van der Waals surface area contributed by atoms with Crippen LogP contribution in [0.1, 0.15) is 21.7 Å². The van der Waals surface area contributed by atoms with Gasteiger partial charge in [0, 0.05) is 42.7 Å². The Balaban J connectivity index is 1.52. The second-order valence-electron chi connectivity index (χ2n) is 6.28. The van der Waals surface area contributed by atoms with Crippen molar-refractivity contribution in [2.75, 3.05) is 12.3 Å². The zero-order valence-electron chi connectivity index (χ0n) is 14.0. The molecule has 1 aliphatic rings. The number of hydrogen-bond donors (Lipinski definition) is 2. The van der Waals surface area contributed by atoms with Crippen LogP contribution in [-0.2, 0) is 19.5 Å². The van der Waals surface area contributed by atoms with Gasteiger partial charge in [-0.2, -0.15) is 0 Å². The summed E-state index contributed by atoms with van der Waals surface area (Å²) in [6.07, 6.45) is 2.68. The Morgan fingerprint density at radius 1 is 1.36 bits per heavy atom. The van der Waals surface area contributed by atoms with Gasteiger partial charge in [0.25, 0.3) is 5.56 Å². The lowest BCUT2D eigenvalue weighted by Gasteiger charge is -2.26. The molecule has 3 aromatic rings. The molecular formula is C18H19N5OS. The Hall–Kier alpha value is -2.51. The van der Waals surface area contributed by atoms with Crippen LogP contribution in [-0.4, -0.2) is 26.4 Å². The van der Waals surface area contributed by atoms with E-state index in [4.69, 9.17) is 5.73 Å². The third kappa shape index (κ3) is 3.20. The number of fused-ring (bicyclic) bond motifs is 1. The minimum Gasteiger partial charge on any atom is -0.369 e. The summed E-state index contributed by atoms with van der Waals surface area (Å²) >= 11 is 1.71. The highest BCUT2D eigenvalue weighted by molar-refractivity contribution is 7.15. The van der Waals surface area contributed by atoms with E-state index in [1.807, 2.05) is 18.3 Å². The molecule has 0 bridgehead atoms. The van der Waals surface area contributed by atoms with Crippen molar-refractivity contribution in [2.45, 2.75) is 26.4 Å². The third-order valence-corrected chi connectivity index (χ3v) is 5.49. The first kappa shape index (κ1) is 16.0. The molecule has 4 rings (SSSR count). The van der Waals surface area contributed by atoms with Crippen LogP contribution in [0.25, 0.3) is 10.6 Å². The summed E-state index contributed by atoms with van der Waals surface area (Å²) in [5, 5.41) is 1.04. The highest BCUT2D eigenvalue weighted by atomic mass is 32.1. The van der Waals surface area contributed by atoms with Gasteiger partial charge in [-0.15, -0.1) is 11.3 Å². The molecule has 1 aromatic carbocycles. The van der Waals surface area contributed by atoms with E-state index < -0.39 is 0 Å². The van der Waals surface area contributed by atoms with Gasteiger partial charge in [0.15, 0.2) is 0 Å². The molecule has 0 radical (unpaired) electrons. The van der Waals surface area contributed by atoms with Gasteiger partial charge in [0.05, 0.1) is 11.3 Å². The molecule has 6 nitrogen and oxygen atoms in total. The van der Waals surface area contributed by atoms with Crippen LogP contribution >= 0.6 is 11.3 Å². The number of aromatic amines is 1. The van der Waals surface area contributed by atoms with Crippen LogP contribution in [0.3, 0.4) is 0 Å². The minimum atomic E-state index is -0.128. The average molecular weight is 353 g/mol. The van der Waals surface area contributed by atoms with E-state index in [1.54, 1.807) is 11.3 Å². The lowest BCUT2D eigenvalue weighted by atomic mass is 10.1. The van der Waals surface area contributed by atoms with Crippen LogP contribution in [0.4, 0.5) is 5.95 Å². The number of nitrogen functional groups attached to an aromatic ring is 1. The number of nitrogens with one attached hydrogen (secondary N) is 1. The van der Waals surface area contributed by atoms with Gasteiger partial charge in [-0.05, 0) is 12.5 Å². The number of nitrogens with zero attached hydrogens (tertiary/aromatic N) is 3. The summed E-state index contributed by atoms with van der Waals surface area (Å²) in [6, 6.07) is 8.28. The molecule has 0 unspecified atom stereocenters. The second kappa shape index (κ2) is 6.42. The smallest absolute Gasteiger partial charge is 0.257 e. The van der Waals surface area contributed by atoms with Crippen molar-refractivity contribution in [3.8, 4) is 10.6 Å². The average Bonchev–Trinajstić information content (AvgIpc) is 3.04. The Labute approximate surface area is 149 Å². The quantitative estimate of drug-likeness (QED) is 0.755. The van der Waals surface area contributed by atoms with Gasteiger partial charge in [-0.3, -0.25) is 14.7 Å². The summed E-state index contributed by atoms with van der Waals surface area (Å²) in [5.74, 6) is 0.197. The molecule has 2 aromatic heterocycles. The summed E-state index contributed by atoms with van der Waals surface area (Å²) in [7, 11) is 0. The van der Waals surface area contributed by atoms with E-state index >= 15 is 0 Å². The van der Waals surface area contributed by atoms with Gasteiger partial charge < -0.3 is 5.73 Å². The number of nitrogens with two attached hydrogens (primary N) is 1. The number of H-pyrrole nitrogens is 1. The maximum Gasteiger partial charge on any atom is 0.257 e. The van der Waals surface area contributed by atoms with E-state index in [2.05, 4.69) is 38.9 Å². The molecule has 0 aliphatic carbocycles. The molecule has 0 saturated carbocycles. The van der Waals surface area contributed by atoms with Crippen LogP contribution in [0.5, 0.6) is 0 Å². The van der Waals surface area contributed by atoms with Crippen molar-refractivity contribution in [1.82, 2.24) is 19.9 Å². The number of rotatable bonds is 3. The summed E-state index contributed by atoms with van der Waals surface area (Å²) in [6.45, 7) is 4.34. The second-order valence-corrected chi connectivity index (χ2v) is 7.40. The number of aryl methyl sites for hydroxylation is 1. The number of aromatic nitrogens is 3. The minimum absolute atomic E-state index is 0.128. The van der Waals surface area contributed by atoms with Crippen molar-refractivity contribution < 1.29 is 0 Å². The van der Waals surface area contributed by atoms with Crippen molar-refractivity contribution in [1.29, 1.82) is 0 Å². The molecule has 3 N–H and O–H groups in total. The first-order valence-corrected chi connectivity index (χ1v) is 9.02. The van der Waals surface area contributed by atoms with Crippen LogP contribution in [0.2, 0.25) is 0 Å². The molecule has 0 fully saturated rings. The Kier molecular flexibility index (Phi) is 4.10. The van der Waals surface area contributed by atoms with Crippen LogP contribution in [0, 0.1) is 6.92 Å². The van der Waals surface area contributed by atoms with E-state index in [0.717, 1.165) is 35.8 Å². The number of hydrogen-bond acceptors (Lipinski definition) is 6. The fraction of sp³-hybridized carbons (Fsp3) is 0.278. The molecule has 0 saturated heterocycles. The van der Waals surface area contributed by atoms with Gasteiger partial charge >= 0.3 is 0 Å². The van der Waals surface area contributed by atoms with E-state index in [9.17, 15) is 4.79 Å². The number of benzene rings is 1. The molecule has 0 atom stereocenters. The van der Waals surface area contributed by atoms with Crippen molar-refractivity contribution >= 4 is 17.3 Å². The van der Waals surface area contributed by atoms with Crippen LogP contribution in [0.15, 0.2) is 35.3 Å². The fourth-order valence-electron chi connectivity index (χ4n) is 3.17. The normalized spacial score (nSPS) is 14.4. The predicted molar refractivity (Wildman–Crippen MR) is 99.4 cm³/mol. The summed E-state index contributed by atoms with van der Waals surface area (Å²) in [5.41, 5.74) is 9.45. The molecule has 0 spiro atoms. The topological polar surface area (TPSA) is 87.9 Å². The lowest BCUT2D eigenvalue weighted by Crippen LogP contribution is -2.35. The zero-order valence-corrected chi connectivity index (χ0v) is 14.8. The van der Waals surface area contributed by atoms with Crippen molar-refractivity contribution in [3.05, 3.63) is 62.5 Å². The third-order valence-electron chi connectivity index (χ3n) is 4.47. The lowest BCUT2D eigenvalue weighted by molar-refractivity contribution is 0.244. The molecule has 128 valence electrons. The monoisotopic (exact) mass is 353 g/mol. The maximum absolute atomic E-state index is 12.1. The van der Waals surface area contributed by atoms with Gasteiger partial charge in [-0.25, -0.2) is 9.97 Å². The van der Waals surface area contributed by atoms with Gasteiger partial charge in [-0.1, -0.05) is 24.3 Å². The van der Waals surface area contributed by atoms with E-state index in [1.165, 1.54) is 16.0 Å². The number of thiazole rings is 1. The standard InChI is InChI=1S/C18H19N5OS/c1-11-4-2-3-5-13(11)17-20-8-12(25-17)9-23-7-6-15-14(10-23)16(24)22-18(19)21-15/h2-5,8H,6-7,9-10H2,1H3,(H3,19,21,22,24). The van der Waals surface area contributed by atoms with Gasteiger partial charge in [0.2, 0.25) is 5.95 Å².